The number of sulfonamides is 1. The fourth-order valence-electron chi connectivity index (χ4n) is 4.07. The number of hydrogen-bond acceptors (Lipinski definition) is 6. The number of amides is 2. The van der Waals surface area contributed by atoms with E-state index in [0.717, 1.165) is 9.87 Å². The van der Waals surface area contributed by atoms with E-state index in [4.69, 9.17) is 9.47 Å². The van der Waals surface area contributed by atoms with Crippen molar-refractivity contribution in [2.24, 2.45) is 0 Å². The maximum atomic E-state index is 13.9. The molecule has 0 saturated carbocycles. The van der Waals surface area contributed by atoms with Crippen molar-refractivity contribution in [3.8, 4) is 11.5 Å². The normalized spacial score (nSPS) is 11.8. The van der Waals surface area contributed by atoms with Gasteiger partial charge in [-0.2, -0.15) is 0 Å². The quantitative estimate of drug-likeness (QED) is 0.378. The second-order valence-corrected chi connectivity index (χ2v) is 10.3. The molecule has 1 N–H and O–H groups in total. The molecule has 38 heavy (non-hydrogen) atoms. The Morgan fingerprint density at radius 3 is 2.13 bits per heavy atom. The van der Waals surface area contributed by atoms with Crippen LogP contribution >= 0.6 is 0 Å². The van der Waals surface area contributed by atoms with Crippen LogP contribution in [0, 0.1) is 0 Å². The highest BCUT2D eigenvalue weighted by molar-refractivity contribution is 7.92. The molecule has 0 saturated heterocycles. The van der Waals surface area contributed by atoms with E-state index in [9.17, 15) is 18.0 Å². The van der Waals surface area contributed by atoms with Gasteiger partial charge in [0.2, 0.25) is 11.8 Å². The smallest absolute Gasteiger partial charge is 0.264 e. The van der Waals surface area contributed by atoms with Crippen LogP contribution in [0.15, 0.2) is 83.8 Å². The van der Waals surface area contributed by atoms with Crippen molar-refractivity contribution in [1.82, 2.24) is 10.2 Å². The van der Waals surface area contributed by atoms with Crippen LogP contribution < -0.4 is 19.1 Å². The number of nitrogens with one attached hydrogen (secondary N) is 1. The third-order valence-corrected chi connectivity index (χ3v) is 7.86. The SMILES string of the molecule is CCC(C(=O)NC)N(Cc1cccc(OC)c1)C(=O)CN(c1cccc(OC)c1)S(=O)(=O)c1ccccc1. The molecule has 3 aromatic carbocycles. The topological polar surface area (TPSA) is 105 Å². The first-order valence-electron chi connectivity index (χ1n) is 12.1. The summed E-state index contributed by atoms with van der Waals surface area (Å²) in [6, 6.07) is 20.7. The van der Waals surface area contributed by atoms with Crippen LogP contribution in [0.5, 0.6) is 11.5 Å². The molecule has 3 aromatic rings. The first-order valence-corrected chi connectivity index (χ1v) is 13.5. The molecule has 3 rings (SSSR count). The average Bonchev–Trinajstić information content (AvgIpc) is 2.95. The minimum atomic E-state index is -4.14. The zero-order valence-electron chi connectivity index (χ0n) is 22.0. The number of ether oxygens (including phenoxy) is 2. The van der Waals surface area contributed by atoms with Gasteiger partial charge in [-0.3, -0.25) is 13.9 Å². The summed E-state index contributed by atoms with van der Waals surface area (Å²) < 4.78 is 39.2. The lowest BCUT2D eigenvalue weighted by atomic mass is 10.1. The fraction of sp³-hybridized carbons (Fsp3) is 0.286. The van der Waals surface area contributed by atoms with Crippen LogP contribution in [-0.2, 0) is 26.2 Å². The lowest BCUT2D eigenvalue weighted by Crippen LogP contribution is -2.51. The Bertz CT molecular complexity index is 1350. The molecule has 2 amide bonds. The maximum Gasteiger partial charge on any atom is 0.264 e. The Balaban J connectivity index is 2.07. The molecule has 0 aromatic heterocycles. The summed E-state index contributed by atoms with van der Waals surface area (Å²) in [6.45, 7) is 1.35. The molecular weight excluding hydrogens is 506 g/mol. The van der Waals surface area contributed by atoms with Crippen molar-refractivity contribution in [3.63, 3.8) is 0 Å². The highest BCUT2D eigenvalue weighted by atomic mass is 32.2. The molecule has 0 fully saturated rings. The van der Waals surface area contributed by atoms with E-state index in [0.29, 0.717) is 17.9 Å². The molecule has 0 radical (unpaired) electrons. The van der Waals surface area contributed by atoms with Crippen molar-refractivity contribution in [2.75, 3.05) is 32.1 Å². The van der Waals surface area contributed by atoms with Gasteiger partial charge in [0, 0.05) is 19.7 Å². The Morgan fingerprint density at radius 1 is 0.895 bits per heavy atom. The van der Waals surface area contributed by atoms with Crippen LogP contribution in [0.2, 0.25) is 0 Å². The van der Waals surface area contributed by atoms with E-state index < -0.39 is 28.5 Å². The van der Waals surface area contributed by atoms with Gasteiger partial charge < -0.3 is 19.7 Å². The van der Waals surface area contributed by atoms with Gasteiger partial charge in [0.15, 0.2) is 0 Å². The number of anilines is 1. The van der Waals surface area contributed by atoms with Gasteiger partial charge in [0.1, 0.15) is 24.1 Å². The molecule has 10 heteroatoms. The number of likely N-dealkylation sites (N-methyl/N-ethyl adjacent to an activating group) is 1. The Labute approximate surface area is 224 Å². The molecule has 9 nitrogen and oxygen atoms in total. The number of carbonyl (C=O) groups is 2. The van der Waals surface area contributed by atoms with Crippen LogP contribution in [0.25, 0.3) is 0 Å². The molecule has 0 bridgehead atoms. The highest BCUT2D eigenvalue weighted by Gasteiger charge is 2.33. The van der Waals surface area contributed by atoms with Crippen molar-refractivity contribution >= 4 is 27.5 Å². The van der Waals surface area contributed by atoms with Gasteiger partial charge in [0.05, 0.1) is 24.8 Å². The number of hydrogen-bond donors (Lipinski definition) is 1. The fourth-order valence-corrected chi connectivity index (χ4v) is 5.49. The monoisotopic (exact) mass is 539 g/mol. The van der Waals surface area contributed by atoms with E-state index in [-0.39, 0.29) is 23.0 Å². The third-order valence-electron chi connectivity index (χ3n) is 6.07. The lowest BCUT2D eigenvalue weighted by molar-refractivity contribution is -0.140. The van der Waals surface area contributed by atoms with E-state index in [1.807, 2.05) is 6.07 Å². The summed E-state index contributed by atoms with van der Waals surface area (Å²) in [7, 11) is 0.383. The molecular formula is C28H33N3O6S. The van der Waals surface area contributed by atoms with E-state index in [1.54, 1.807) is 74.7 Å². The summed E-state index contributed by atoms with van der Waals surface area (Å²) in [5.74, 6) is 0.161. The van der Waals surface area contributed by atoms with E-state index in [1.165, 1.54) is 31.2 Å². The number of carbonyl (C=O) groups excluding carboxylic acids is 2. The first-order chi connectivity index (χ1) is 18.2. The Hall–Kier alpha value is -4.05. The zero-order chi connectivity index (χ0) is 27.7. The number of rotatable bonds is 12. The van der Waals surface area contributed by atoms with Gasteiger partial charge >= 0.3 is 0 Å². The largest absolute Gasteiger partial charge is 0.497 e. The lowest BCUT2D eigenvalue weighted by Gasteiger charge is -2.33. The molecule has 0 spiro atoms. The number of methoxy groups -OCH3 is 2. The van der Waals surface area contributed by atoms with Gasteiger partial charge in [-0.05, 0) is 48.4 Å². The molecule has 0 aliphatic rings. The van der Waals surface area contributed by atoms with Crippen LogP contribution in [0.4, 0.5) is 5.69 Å². The van der Waals surface area contributed by atoms with Crippen LogP contribution in [0.3, 0.4) is 0 Å². The van der Waals surface area contributed by atoms with Gasteiger partial charge in [0.25, 0.3) is 10.0 Å². The van der Waals surface area contributed by atoms with Gasteiger partial charge in [-0.25, -0.2) is 8.42 Å². The average molecular weight is 540 g/mol. The molecule has 0 aliphatic carbocycles. The van der Waals surface area contributed by atoms with Gasteiger partial charge in [-0.1, -0.05) is 43.3 Å². The van der Waals surface area contributed by atoms with E-state index in [2.05, 4.69) is 5.32 Å². The Morgan fingerprint density at radius 2 is 1.53 bits per heavy atom. The van der Waals surface area contributed by atoms with E-state index >= 15 is 0 Å². The molecule has 0 aliphatic heterocycles. The summed E-state index contributed by atoms with van der Waals surface area (Å²) in [4.78, 5) is 28.1. The highest BCUT2D eigenvalue weighted by Crippen LogP contribution is 2.28. The van der Waals surface area contributed by atoms with Crippen molar-refractivity contribution in [1.29, 1.82) is 0 Å². The third kappa shape index (κ3) is 6.63. The standard InChI is InChI=1S/C28H33N3O6S/c1-5-26(28(33)29-2)30(19-21-11-9-13-23(17-21)36-3)27(32)20-31(22-12-10-14-24(18-22)37-4)38(34,35)25-15-7-6-8-16-25/h6-18,26H,5,19-20H2,1-4H3,(H,29,33). The summed E-state index contributed by atoms with van der Waals surface area (Å²) in [5.41, 5.74) is 0.995. The minimum Gasteiger partial charge on any atom is -0.497 e. The second kappa shape index (κ2) is 13.0. The minimum absolute atomic E-state index is 0.0355. The van der Waals surface area contributed by atoms with Crippen LogP contribution in [0.1, 0.15) is 18.9 Å². The van der Waals surface area contributed by atoms with Crippen molar-refractivity contribution in [2.45, 2.75) is 30.8 Å². The molecule has 0 heterocycles. The van der Waals surface area contributed by atoms with Gasteiger partial charge in [-0.15, -0.1) is 0 Å². The predicted molar refractivity (Wildman–Crippen MR) is 146 cm³/mol. The summed E-state index contributed by atoms with van der Waals surface area (Å²) in [5, 5.41) is 2.61. The molecule has 1 unspecified atom stereocenters. The predicted octanol–water partition coefficient (Wildman–Crippen LogP) is 3.45. The summed E-state index contributed by atoms with van der Waals surface area (Å²) in [6.07, 6.45) is 0.333. The second-order valence-electron chi connectivity index (χ2n) is 8.44. The number of benzene rings is 3. The first kappa shape index (κ1) is 28.5. The van der Waals surface area contributed by atoms with Crippen molar-refractivity contribution in [3.05, 3.63) is 84.4 Å². The Kier molecular flexibility index (Phi) is 9.72. The molecule has 202 valence electrons. The number of nitrogens with zero attached hydrogens (tertiary/aromatic N) is 2. The maximum absolute atomic E-state index is 13.9. The molecule has 1 atom stereocenters. The zero-order valence-corrected chi connectivity index (χ0v) is 22.8. The summed E-state index contributed by atoms with van der Waals surface area (Å²) >= 11 is 0. The van der Waals surface area contributed by atoms with Crippen molar-refractivity contribution < 1.29 is 27.5 Å². The van der Waals surface area contributed by atoms with Crippen LogP contribution in [-0.4, -0.2) is 59.0 Å².